The molecule has 104 valence electrons. The number of unbranched alkanes of at least 4 members (excludes halogenated alkanes) is 1. The zero-order chi connectivity index (χ0) is 13.0. The number of amides is 1. The molecule has 0 aromatic carbocycles. The van der Waals surface area contributed by atoms with Gasteiger partial charge in [-0.15, -0.1) is 0 Å². The highest BCUT2D eigenvalue weighted by molar-refractivity contribution is 5.67. The first-order valence-electron chi connectivity index (χ1n) is 7.37. The Kier molecular flexibility index (Phi) is 4.87. The van der Waals surface area contributed by atoms with E-state index in [2.05, 4.69) is 11.9 Å². The third-order valence-electron chi connectivity index (χ3n) is 4.32. The van der Waals surface area contributed by atoms with E-state index < -0.39 is 0 Å². The molecule has 2 rings (SSSR count). The Morgan fingerprint density at radius 1 is 1.22 bits per heavy atom. The van der Waals surface area contributed by atoms with Crippen LogP contribution in [0.4, 0.5) is 4.79 Å². The first-order valence-corrected chi connectivity index (χ1v) is 7.37. The SMILES string of the molecule is CCCCOC(=O)N1CC2CCCCC2CN1C. The molecule has 4 heteroatoms. The predicted molar refractivity (Wildman–Crippen MR) is 71.0 cm³/mol. The molecule has 0 aromatic rings. The Labute approximate surface area is 110 Å². The van der Waals surface area contributed by atoms with Crippen LogP contribution in [-0.2, 0) is 4.74 Å². The summed E-state index contributed by atoms with van der Waals surface area (Å²) in [6, 6.07) is 0. The molecule has 2 aliphatic rings. The van der Waals surface area contributed by atoms with Crippen molar-refractivity contribution in [2.45, 2.75) is 45.4 Å². The Morgan fingerprint density at radius 3 is 2.56 bits per heavy atom. The lowest BCUT2D eigenvalue weighted by Crippen LogP contribution is -2.55. The van der Waals surface area contributed by atoms with Gasteiger partial charge in [-0.3, -0.25) is 0 Å². The fourth-order valence-electron chi connectivity index (χ4n) is 3.16. The molecular formula is C14H26N2O2. The van der Waals surface area contributed by atoms with Crippen molar-refractivity contribution in [3.63, 3.8) is 0 Å². The molecule has 2 fully saturated rings. The zero-order valence-electron chi connectivity index (χ0n) is 11.7. The Morgan fingerprint density at radius 2 is 1.89 bits per heavy atom. The number of hydrogen-bond acceptors (Lipinski definition) is 3. The van der Waals surface area contributed by atoms with Crippen LogP contribution in [0.1, 0.15) is 45.4 Å². The number of hydrogen-bond donors (Lipinski definition) is 0. The number of carbonyl (C=O) groups excluding carboxylic acids is 1. The molecule has 1 saturated carbocycles. The smallest absolute Gasteiger partial charge is 0.424 e. The second-order valence-electron chi connectivity index (χ2n) is 5.69. The molecule has 0 radical (unpaired) electrons. The Bertz CT molecular complexity index is 283. The van der Waals surface area contributed by atoms with Gasteiger partial charge in [-0.25, -0.2) is 14.8 Å². The monoisotopic (exact) mass is 254 g/mol. The van der Waals surface area contributed by atoms with Crippen LogP contribution >= 0.6 is 0 Å². The number of carbonyl (C=O) groups is 1. The van der Waals surface area contributed by atoms with E-state index in [0.29, 0.717) is 12.5 Å². The van der Waals surface area contributed by atoms with Crippen molar-refractivity contribution in [1.82, 2.24) is 10.0 Å². The summed E-state index contributed by atoms with van der Waals surface area (Å²) in [5.74, 6) is 1.47. The summed E-state index contributed by atoms with van der Waals surface area (Å²) >= 11 is 0. The van der Waals surface area contributed by atoms with E-state index >= 15 is 0 Å². The molecule has 2 unspecified atom stereocenters. The maximum Gasteiger partial charge on any atom is 0.424 e. The van der Waals surface area contributed by atoms with E-state index in [1.54, 1.807) is 0 Å². The zero-order valence-corrected chi connectivity index (χ0v) is 11.7. The van der Waals surface area contributed by atoms with E-state index in [1.807, 2.05) is 12.1 Å². The maximum atomic E-state index is 12.0. The van der Waals surface area contributed by atoms with Crippen molar-refractivity contribution < 1.29 is 9.53 Å². The van der Waals surface area contributed by atoms with E-state index in [0.717, 1.165) is 31.8 Å². The molecule has 1 aliphatic carbocycles. The predicted octanol–water partition coefficient (Wildman–Crippen LogP) is 2.89. The van der Waals surface area contributed by atoms with E-state index in [9.17, 15) is 4.79 Å². The molecule has 1 amide bonds. The van der Waals surface area contributed by atoms with E-state index in [1.165, 1.54) is 25.7 Å². The lowest BCUT2D eigenvalue weighted by Gasteiger charge is -2.45. The summed E-state index contributed by atoms with van der Waals surface area (Å²) in [4.78, 5) is 12.0. The number of nitrogens with zero attached hydrogens (tertiary/aromatic N) is 2. The average Bonchev–Trinajstić information content (AvgIpc) is 2.38. The van der Waals surface area contributed by atoms with E-state index in [-0.39, 0.29) is 6.09 Å². The van der Waals surface area contributed by atoms with Crippen LogP contribution in [0.5, 0.6) is 0 Å². The molecule has 0 N–H and O–H groups in total. The maximum absolute atomic E-state index is 12.0. The third-order valence-corrected chi connectivity index (χ3v) is 4.32. The van der Waals surface area contributed by atoms with Crippen LogP contribution in [0.15, 0.2) is 0 Å². The minimum absolute atomic E-state index is 0.157. The summed E-state index contributed by atoms with van der Waals surface area (Å²) in [5.41, 5.74) is 0. The second kappa shape index (κ2) is 6.41. The van der Waals surface area contributed by atoms with Crippen molar-refractivity contribution in [2.75, 3.05) is 26.7 Å². The topological polar surface area (TPSA) is 32.8 Å². The fraction of sp³-hybridized carbons (Fsp3) is 0.929. The highest BCUT2D eigenvalue weighted by Crippen LogP contribution is 2.34. The van der Waals surface area contributed by atoms with Crippen LogP contribution in [0, 0.1) is 11.8 Å². The second-order valence-corrected chi connectivity index (χ2v) is 5.69. The van der Waals surface area contributed by atoms with Gasteiger partial charge in [0.15, 0.2) is 0 Å². The largest absolute Gasteiger partial charge is 0.448 e. The highest BCUT2D eigenvalue weighted by atomic mass is 16.6. The average molecular weight is 254 g/mol. The standard InChI is InChI=1S/C14H26N2O2/c1-3-4-9-18-14(17)16-11-13-8-6-5-7-12(13)10-15(16)2/h12-13H,3-11H2,1-2H3. The summed E-state index contributed by atoms with van der Waals surface area (Å²) in [5, 5.41) is 3.86. The van der Waals surface area contributed by atoms with Gasteiger partial charge in [-0.2, -0.15) is 0 Å². The van der Waals surface area contributed by atoms with Crippen LogP contribution < -0.4 is 0 Å². The normalized spacial score (nSPS) is 28.9. The van der Waals surface area contributed by atoms with Crippen molar-refractivity contribution in [3.8, 4) is 0 Å². The fourth-order valence-corrected chi connectivity index (χ4v) is 3.16. The minimum atomic E-state index is -0.157. The molecule has 2 atom stereocenters. The van der Waals surface area contributed by atoms with Crippen molar-refractivity contribution in [3.05, 3.63) is 0 Å². The molecule has 4 nitrogen and oxygen atoms in total. The van der Waals surface area contributed by atoms with Crippen molar-refractivity contribution >= 4 is 6.09 Å². The van der Waals surface area contributed by atoms with E-state index in [4.69, 9.17) is 4.74 Å². The Balaban J connectivity index is 1.86. The molecule has 1 saturated heterocycles. The molecule has 1 aliphatic heterocycles. The van der Waals surface area contributed by atoms with Crippen LogP contribution in [0.25, 0.3) is 0 Å². The van der Waals surface area contributed by atoms with Gasteiger partial charge in [0.25, 0.3) is 0 Å². The molecular weight excluding hydrogens is 228 g/mol. The quantitative estimate of drug-likeness (QED) is 0.726. The van der Waals surface area contributed by atoms with Crippen LogP contribution in [0.2, 0.25) is 0 Å². The van der Waals surface area contributed by atoms with Gasteiger partial charge in [-0.05, 0) is 31.1 Å². The number of fused-ring (bicyclic) bond motifs is 1. The lowest BCUT2D eigenvalue weighted by atomic mass is 9.78. The third kappa shape index (κ3) is 3.16. The van der Waals surface area contributed by atoms with Gasteiger partial charge in [0.2, 0.25) is 0 Å². The van der Waals surface area contributed by atoms with Gasteiger partial charge in [0.1, 0.15) is 0 Å². The molecule has 1 heterocycles. The molecule has 0 aromatic heterocycles. The molecule has 0 spiro atoms. The summed E-state index contributed by atoms with van der Waals surface area (Å²) in [7, 11) is 2.01. The lowest BCUT2D eigenvalue weighted by molar-refractivity contribution is -0.0740. The van der Waals surface area contributed by atoms with Gasteiger partial charge >= 0.3 is 6.09 Å². The first-order chi connectivity index (χ1) is 8.72. The van der Waals surface area contributed by atoms with Crippen LogP contribution in [-0.4, -0.2) is 42.9 Å². The van der Waals surface area contributed by atoms with Crippen LogP contribution in [0.3, 0.4) is 0 Å². The highest BCUT2D eigenvalue weighted by Gasteiger charge is 2.36. The van der Waals surface area contributed by atoms with Gasteiger partial charge in [-0.1, -0.05) is 26.2 Å². The van der Waals surface area contributed by atoms with Crippen molar-refractivity contribution in [1.29, 1.82) is 0 Å². The van der Waals surface area contributed by atoms with Crippen molar-refractivity contribution in [2.24, 2.45) is 11.8 Å². The van der Waals surface area contributed by atoms with Gasteiger partial charge in [0.05, 0.1) is 6.61 Å². The number of ether oxygens (including phenoxy) is 1. The molecule has 0 bridgehead atoms. The summed E-state index contributed by atoms with van der Waals surface area (Å²) in [6.07, 6.45) is 7.14. The Hall–Kier alpha value is -0.770. The minimum Gasteiger partial charge on any atom is -0.448 e. The molecule has 18 heavy (non-hydrogen) atoms. The first kappa shape index (κ1) is 13.7. The van der Waals surface area contributed by atoms with Gasteiger partial charge in [0, 0.05) is 20.1 Å². The summed E-state index contributed by atoms with van der Waals surface area (Å²) in [6.45, 7) is 4.51. The van der Waals surface area contributed by atoms with Gasteiger partial charge < -0.3 is 4.74 Å². The number of rotatable bonds is 3. The summed E-state index contributed by atoms with van der Waals surface area (Å²) < 4.78 is 5.32. The number of hydrazine groups is 1.